The monoisotopic (exact) mass is 338 g/mol. The predicted molar refractivity (Wildman–Crippen MR) is 90.8 cm³/mol. The van der Waals surface area contributed by atoms with E-state index in [-0.39, 0.29) is 11.8 Å². The fraction of sp³-hybridized carbons (Fsp3) is 0.176. The molecule has 1 N–H and O–H groups in total. The molecule has 3 aromatic rings. The number of aromatic nitrogens is 2. The Hall–Kier alpha value is -2.98. The predicted octanol–water partition coefficient (Wildman–Crippen LogP) is 4.05. The molecule has 0 spiro atoms. The summed E-state index contributed by atoms with van der Waals surface area (Å²) in [7, 11) is 0. The smallest absolute Gasteiger partial charge is 0.259 e. The Kier molecular flexibility index (Phi) is 4.40. The molecule has 2 aromatic heterocycles. The van der Waals surface area contributed by atoms with Crippen molar-refractivity contribution in [1.82, 2.24) is 10.2 Å². The third kappa shape index (κ3) is 3.19. The zero-order chi connectivity index (χ0) is 17.1. The lowest BCUT2D eigenvalue weighted by Crippen LogP contribution is -2.11. The van der Waals surface area contributed by atoms with Crippen LogP contribution in [0.1, 0.15) is 41.6 Å². The summed E-state index contributed by atoms with van der Waals surface area (Å²) in [5.74, 6) is 0.831. The second kappa shape index (κ2) is 6.64. The molecule has 0 saturated heterocycles. The molecule has 0 aliphatic carbocycles. The van der Waals surface area contributed by atoms with Gasteiger partial charge in [-0.1, -0.05) is 13.8 Å². The minimum Gasteiger partial charge on any atom is -0.420 e. The van der Waals surface area contributed by atoms with Crippen molar-refractivity contribution >= 4 is 22.9 Å². The SMILES string of the molecule is CC(C)c1nnc(-c2sccc2NC(=O)c2ccc(C#N)cc2)o1. The average Bonchev–Trinajstić information content (AvgIpc) is 3.23. The fourth-order valence-electron chi connectivity index (χ4n) is 2.02. The third-order valence-electron chi connectivity index (χ3n) is 3.32. The van der Waals surface area contributed by atoms with Gasteiger partial charge >= 0.3 is 0 Å². The largest absolute Gasteiger partial charge is 0.420 e. The summed E-state index contributed by atoms with van der Waals surface area (Å²) in [6, 6.07) is 10.3. The molecule has 0 aliphatic heterocycles. The second-order valence-corrected chi connectivity index (χ2v) is 6.32. The van der Waals surface area contributed by atoms with Gasteiger partial charge in [0, 0.05) is 11.5 Å². The van der Waals surface area contributed by atoms with E-state index < -0.39 is 0 Å². The van der Waals surface area contributed by atoms with Gasteiger partial charge in [0.1, 0.15) is 4.88 Å². The number of nitrogens with one attached hydrogen (secondary N) is 1. The molecule has 0 saturated carbocycles. The Balaban J connectivity index is 1.82. The van der Waals surface area contributed by atoms with Crippen LogP contribution in [0.2, 0.25) is 0 Å². The van der Waals surface area contributed by atoms with Gasteiger partial charge in [0.15, 0.2) is 0 Å². The van der Waals surface area contributed by atoms with Crippen molar-refractivity contribution in [1.29, 1.82) is 5.26 Å². The number of nitriles is 1. The van der Waals surface area contributed by atoms with Gasteiger partial charge < -0.3 is 9.73 Å². The number of nitrogens with zero attached hydrogens (tertiary/aromatic N) is 3. The van der Waals surface area contributed by atoms with E-state index in [2.05, 4.69) is 15.5 Å². The molecule has 6 nitrogen and oxygen atoms in total. The first-order valence-electron chi connectivity index (χ1n) is 7.31. The van der Waals surface area contributed by atoms with Crippen LogP contribution < -0.4 is 5.32 Å². The standard InChI is InChI=1S/C17H14N4O2S/c1-10(2)16-20-21-17(23-16)14-13(7-8-24-14)19-15(22)12-5-3-11(9-18)4-6-12/h3-8,10H,1-2H3,(H,19,22). The first-order valence-corrected chi connectivity index (χ1v) is 8.19. The highest BCUT2D eigenvalue weighted by molar-refractivity contribution is 7.14. The Morgan fingerprint density at radius 2 is 2.00 bits per heavy atom. The van der Waals surface area contributed by atoms with E-state index >= 15 is 0 Å². The number of anilines is 1. The molecule has 0 fully saturated rings. The lowest BCUT2D eigenvalue weighted by Gasteiger charge is -2.05. The van der Waals surface area contributed by atoms with Gasteiger partial charge in [-0.2, -0.15) is 5.26 Å². The van der Waals surface area contributed by atoms with Crippen LogP contribution in [0.3, 0.4) is 0 Å². The van der Waals surface area contributed by atoms with Gasteiger partial charge in [-0.25, -0.2) is 0 Å². The number of thiophene rings is 1. The molecule has 0 unspecified atom stereocenters. The Morgan fingerprint density at radius 3 is 2.62 bits per heavy atom. The highest BCUT2D eigenvalue weighted by Gasteiger charge is 2.17. The van der Waals surface area contributed by atoms with Crippen molar-refractivity contribution in [3.05, 3.63) is 52.7 Å². The summed E-state index contributed by atoms with van der Waals surface area (Å²) >= 11 is 1.42. The van der Waals surface area contributed by atoms with Crippen LogP contribution in [0.15, 0.2) is 40.1 Å². The molecule has 3 rings (SSSR count). The molecule has 24 heavy (non-hydrogen) atoms. The van der Waals surface area contributed by atoms with E-state index in [4.69, 9.17) is 9.68 Å². The number of amides is 1. The summed E-state index contributed by atoms with van der Waals surface area (Å²) < 4.78 is 5.65. The van der Waals surface area contributed by atoms with Gasteiger partial charge in [0.25, 0.3) is 11.8 Å². The van der Waals surface area contributed by atoms with Gasteiger partial charge in [0.05, 0.1) is 17.3 Å². The van der Waals surface area contributed by atoms with Gasteiger partial charge in [-0.05, 0) is 35.7 Å². The van der Waals surface area contributed by atoms with Crippen LogP contribution in [0.5, 0.6) is 0 Å². The van der Waals surface area contributed by atoms with Crippen molar-refractivity contribution in [2.75, 3.05) is 5.32 Å². The highest BCUT2D eigenvalue weighted by Crippen LogP contribution is 2.33. The molecular formula is C17H14N4O2S. The van der Waals surface area contributed by atoms with Crippen LogP contribution in [0.4, 0.5) is 5.69 Å². The number of benzene rings is 1. The number of hydrogen-bond donors (Lipinski definition) is 1. The van der Waals surface area contributed by atoms with E-state index in [1.54, 1.807) is 30.3 Å². The normalized spacial score (nSPS) is 10.6. The van der Waals surface area contributed by atoms with E-state index in [9.17, 15) is 4.79 Å². The molecular weight excluding hydrogens is 324 g/mol. The molecule has 0 bridgehead atoms. The Bertz CT molecular complexity index is 903. The molecule has 1 aromatic carbocycles. The average molecular weight is 338 g/mol. The van der Waals surface area contributed by atoms with E-state index in [1.165, 1.54) is 11.3 Å². The summed E-state index contributed by atoms with van der Waals surface area (Å²) in [6.45, 7) is 3.94. The zero-order valence-electron chi connectivity index (χ0n) is 13.1. The Labute approximate surface area is 142 Å². The number of hydrogen-bond acceptors (Lipinski definition) is 6. The second-order valence-electron chi connectivity index (χ2n) is 5.41. The summed E-state index contributed by atoms with van der Waals surface area (Å²) in [5, 5.41) is 21.6. The molecule has 120 valence electrons. The van der Waals surface area contributed by atoms with E-state index in [0.29, 0.717) is 28.6 Å². The van der Waals surface area contributed by atoms with Crippen LogP contribution in [-0.4, -0.2) is 16.1 Å². The summed E-state index contributed by atoms with van der Waals surface area (Å²) in [5.41, 5.74) is 1.60. The third-order valence-corrected chi connectivity index (χ3v) is 4.22. The fourth-order valence-corrected chi connectivity index (χ4v) is 2.79. The number of carbonyl (C=O) groups is 1. The van der Waals surface area contributed by atoms with Crippen molar-refractivity contribution < 1.29 is 9.21 Å². The minimum atomic E-state index is -0.261. The van der Waals surface area contributed by atoms with Crippen molar-refractivity contribution in [2.45, 2.75) is 19.8 Å². The van der Waals surface area contributed by atoms with Gasteiger partial charge in [0.2, 0.25) is 5.89 Å². The number of carbonyl (C=O) groups excluding carboxylic acids is 1. The molecule has 7 heteroatoms. The van der Waals surface area contributed by atoms with Crippen LogP contribution >= 0.6 is 11.3 Å². The van der Waals surface area contributed by atoms with E-state index in [0.717, 1.165) is 4.88 Å². The molecule has 0 radical (unpaired) electrons. The maximum Gasteiger partial charge on any atom is 0.259 e. The highest BCUT2D eigenvalue weighted by atomic mass is 32.1. The summed E-state index contributed by atoms with van der Waals surface area (Å²) in [6.07, 6.45) is 0. The first-order chi connectivity index (χ1) is 11.6. The molecule has 0 aliphatic rings. The summed E-state index contributed by atoms with van der Waals surface area (Å²) in [4.78, 5) is 13.1. The first kappa shape index (κ1) is 15.9. The van der Waals surface area contributed by atoms with Crippen molar-refractivity contribution in [2.24, 2.45) is 0 Å². The topological polar surface area (TPSA) is 91.8 Å². The number of rotatable bonds is 4. The molecule has 2 heterocycles. The van der Waals surface area contributed by atoms with Crippen LogP contribution in [0.25, 0.3) is 10.8 Å². The van der Waals surface area contributed by atoms with Crippen LogP contribution in [-0.2, 0) is 0 Å². The van der Waals surface area contributed by atoms with Gasteiger partial charge in [-0.3, -0.25) is 4.79 Å². The van der Waals surface area contributed by atoms with E-state index in [1.807, 2.05) is 25.3 Å². The molecule has 0 atom stereocenters. The maximum absolute atomic E-state index is 12.4. The zero-order valence-corrected chi connectivity index (χ0v) is 13.9. The van der Waals surface area contributed by atoms with Crippen molar-refractivity contribution in [3.8, 4) is 16.8 Å². The lowest BCUT2D eigenvalue weighted by molar-refractivity contribution is 0.102. The van der Waals surface area contributed by atoms with Crippen LogP contribution in [0, 0.1) is 11.3 Å². The minimum absolute atomic E-state index is 0.142. The van der Waals surface area contributed by atoms with Gasteiger partial charge in [-0.15, -0.1) is 21.5 Å². The molecule has 1 amide bonds. The quantitative estimate of drug-likeness (QED) is 0.775. The Morgan fingerprint density at radius 1 is 1.25 bits per heavy atom. The maximum atomic E-state index is 12.4. The van der Waals surface area contributed by atoms with Crippen molar-refractivity contribution in [3.63, 3.8) is 0 Å². The lowest BCUT2D eigenvalue weighted by atomic mass is 10.1.